The van der Waals surface area contributed by atoms with Gasteiger partial charge >= 0.3 is 5.97 Å². The number of aliphatic carboxylic acids is 1. The van der Waals surface area contributed by atoms with Crippen LogP contribution in [0.4, 0.5) is 5.69 Å². The largest absolute Gasteiger partial charge is 0.480 e. The van der Waals surface area contributed by atoms with Crippen molar-refractivity contribution >= 4 is 11.7 Å². The molecule has 0 heterocycles. The number of rotatable bonds is 7. The summed E-state index contributed by atoms with van der Waals surface area (Å²) < 4.78 is 0. The van der Waals surface area contributed by atoms with Crippen LogP contribution in [0.2, 0.25) is 0 Å². The van der Waals surface area contributed by atoms with Gasteiger partial charge in [-0.2, -0.15) is 0 Å². The molecule has 2 rings (SSSR count). The van der Waals surface area contributed by atoms with E-state index in [4.69, 9.17) is 5.11 Å². The fraction of sp³-hybridized carbons (Fsp3) is 0.533. The minimum absolute atomic E-state index is 0.308. The number of hydrogen-bond acceptors (Lipinski definition) is 2. The van der Waals surface area contributed by atoms with Crippen molar-refractivity contribution in [2.45, 2.75) is 45.1 Å². The second-order valence-electron chi connectivity index (χ2n) is 5.10. The number of carboxylic acid groups (broad SMARTS) is 1. The van der Waals surface area contributed by atoms with Gasteiger partial charge in [0, 0.05) is 5.69 Å². The zero-order valence-electron chi connectivity index (χ0n) is 10.9. The summed E-state index contributed by atoms with van der Waals surface area (Å²) in [5.41, 5.74) is 2.23. The van der Waals surface area contributed by atoms with Gasteiger partial charge in [0.1, 0.15) is 6.04 Å². The van der Waals surface area contributed by atoms with E-state index < -0.39 is 12.0 Å². The van der Waals surface area contributed by atoms with E-state index >= 15 is 0 Å². The van der Waals surface area contributed by atoms with E-state index in [-0.39, 0.29) is 0 Å². The summed E-state index contributed by atoms with van der Waals surface area (Å²) in [6, 6.07) is 7.73. The lowest BCUT2D eigenvalue weighted by atomic mass is 10.1. The van der Waals surface area contributed by atoms with E-state index in [0.717, 1.165) is 24.9 Å². The lowest BCUT2D eigenvalue weighted by Gasteiger charge is -2.15. The standard InChI is InChI=1S/C15H21NO2/c1-2-3-4-11-5-9-13(10-6-11)16-14(15(17)18)12-7-8-12/h5-6,9-10,12,14,16H,2-4,7-8H2,1H3,(H,17,18). The second kappa shape index (κ2) is 5.89. The number of benzene rings is 1. The zero-order chi connectivity index (χ0) is 13.0. The third kappa shape index (κ3) is 3.49. The van der Waals surface area contributed by atoms with Gasteiger partial charge in [0.2, 0.25) is 0 Å². The van der Waals surface area contributed by atoms with Crippen LogP contribution in [0.5, 0.6) is 0 Å². The van der Waals surface area contributed by atoms with Gasteiger partial charge in [-0.3, -0.25) is 0 Å². The van der Waals surface area contributed by atoms with Gasteiger partial charge in [-0.05, 0) is 49.3 Å². The van der Waals surface area contributed by atoms with Crippen molar-refractivity contribution in [3.8, 4) is 0 Å². The van der Waals surface area contributed by atoms with Crippen molar-refractivity contribution < 1.29 is 9.90 Å². The number of carboxylic acids is 1. The molecule has 0 radical (unpaired) electrons. The molecule has 18 heavy (non-hydrogen) atoms. The Labute approximate surface area is 108 Å². The normalized spacial score (nSPS) is 16.3. The van der Waals surface area contributed by atoms with Crippen LogP contribution in [0.3, 0.4) is 0 Å². The summed E-state index contributed by atoms with van der Waals surface area (Å²) in [4.78, 5) is 11.1. The van der Waals surface area contributed by atoms with Crippen molar-refractivity contribution in [2.24, 2.45) is 5.92 Å². The zero-order valence-corrected chi connectivity index (χ0v) is 10.9. The summed E-state index contributed by atoms with van der Waals surface area (Å²) in [5.74, 6) is -0.435. The van der Waals surface area contributed by atoms with Gasteiger partial charge in [0.05, 0.1) is 0 Å². The molecular weight excluding hydrogens is 226 g/mol. The second-order valence-corrected chi connectivity index (χ2v) is 5.10. The quantitative estimate of drug-likeness (QED) is 0.777. The van der Waals surface area contributed by atoms with E-state index in [2.05, 4.69) is 24.4 Å². The molecular formula is C15H21NO2. The smallest absolute Gasteiger partial charge is 0.326 e. The SMILES string of the molecule is CCCCc1ccc(NC(C(=O)O)C2CC2)cc1. The van der Waals surface area contributed by atoms with Crippen LogP contribution in [-0.4, -0.2) is 17.1 Å². The van der Waals surface area contributed by atoms with E-state index in [0.29, 0.717) is 5.92 Å². The Morgan fingerprint density at radius 3 is 2.56 bits per heavy atom. The molecule has 1 saturated carbocycles. The van der Waals surface area contributed by atoms with Gasteiger partial charge in [-0.25, -0.2) is 4.79 Å². The Morgan fingerprint density at radius 2 is 2.06 bits per heavy atom. The summed E-state index contributed by atoms with van der Waals surface area (Å²) in [5, 5.41) is 12.3. The highest BCUT2D eigenvalue weighted by Gasteiger charge is 2.36. The highest BCUT2D eigenvalue weighted by molar-refractivity contribution is 5.78. The van der Waals surface area contributed by atoms with Crippen LogP contribution < -0.4 is 5.32 Å². The third-order valence-electron chi connectivity index (χ3n) is 3.45. The van der Waals surface area contributed by atoms with Crippen molar-refractivity contribution in [1.82, 2.24) is 0 Å². The molecule has 0 amide bonds. The first kappa shape index (κ1) is 12.9. The monoisotopic (exact) mass is 247 g/mol. The number of anilines is 1. The van der Waals surface area contributed by atoms with Crippen LogP contribution in [0.25, 0.3) is 0 Å². The van der Waals surface area contributed by atoms with Crippen LogP contribution in [0.1, 0.15) is 38.2 Å². The number of nitrogens with one attached hydrogen (secondary N) is 1. The molecule has 1 aliphatic rings. The Hall–Kier alpha value is -1.51. The molecule has 0 aromatic heterocycles. The Balaban J connectivity index is 1.94. The lowest BCUT2D eigenvalue weighted by Crippen LogP contribution is -2.31. The van der Waals surface area contributed by atoms with E-state index in [1.54, 1.807) is 0 Å². The fourth-order valence-electron chi connectivity index (χ4n) is 2.14. The molecule has 3 nitrogen and oxygen atoms in total. The molecule has 1 atom stereocenters. The van der Waals surface area contributed by atoms with Crippen LogP contribution >= 0.6 is 0 Å². The molecule has 1 unspecified atom stereocenters. The van der Waals surface area contributed by atoms with Crippen LogP contribution in [0, 0.1) is 5.92 Å². The number of hydrogen-bond donors (Lipinski definition) is 2. The molecule has 0 aliphatic heterocycles. The number of aryl methyl sites for hydroxylation is 1. The van der Waals surface area contributed by atoms with Gasteiger partial charge < -0.3 is 10.4 Å². The molecule has 1 aromatic carbocycles. The summed E-state index contributed by atoms with van der Waals surface area (Å²) in [6.07, 6.45) is 5.55. The number of unbranched alkanes of at least 4 members (excludes halogenated alkanes) is 1. The van der Waals surface area contributed by atoms with Crippen molar-refractivity contribution in [1.29, 1.82) is 0 Å². The van der Waals surface area contributed by atoms with Gasteiger partial charge in [-0.15, -0.1) is 0 Å². The first-order valence-electron chi connectivity index (χ1n) is 6.79. The third-order valence-corrected chi connectivity index (χ3v) is 3.45. The Bertz CT molecular complexity index is 395. The first-order valence-corrected chi connectivity index (χ1v) is 6.79. The highest BCUT2D eigenvalue weighted by Crippen LogP contribution is 2.34. The molecule has 0 spiro atoms. The average Bonchev–Trinajstić information content (AvgIpc) is 3.18. The predicted molar refractivity (Wildman–Crippen MR) is 72.8 cm³/mol. The van der Waals surface area contributed by atoms with Crippen molar-refractivity contribution in [3.05, 3.63) is 29.8 Å². The molecule has 1 fully saturated rings. The Kier molecular flexibility index (Phi) is 4.24. The minimum Gasteiger partial charge on any atom is -0.480 e. The maximum atomic E-state index is 11.1. The lowest BCUT2D eigenvalue weighted by molar-refractivity contribution is -0.138. The molecule has 98 valence electrons. The highest BCUT2D eigenvalue weighted by atomic mass is 16.4. The number of carbonyl (C=O) groups is 1. The topological polar surface area (TPSA) is 49.3 Å². The fourth-order valence-corrected chi connectivity index (χ4v) is 2.14. The van der Waals surface area contributed by atoms with Gasteiger partial charge in [0.15, 0.2) is 0 Å². The molecule has 3 heteroatoms. The van der Waals surface area contributed by atoms with Crippen molar-refractivity contribution in [2.75, 3.05) is 5.32 Å². The molecule has 1 aromatic rings. The van der Waals surface area contributed by atoms with Crippen LogP contribution in [0.15, 0.2) is 24.3 Å². The minimum atomic E-state index is -0.743. The van der Waals surface area contributed by atoms with E-state index in [1.807, 2.05) is 12.1 Å². The summed E-state index contributed by atoms with van der Waals surface area (Å²) >= 11 is 0. The molecule has 0 bridgehead atoms. The van der Waals surface area contributed by atoms with E-state index in [1.165, 1.54) is 18.4 Å². The van der Waals surface area contributed by atoms with Gasteiger partial charge in [-0.1, -0.05) is 25.5 Å². The maximum Gasteiger partial charge on any atom is 0.326 e. The maximum absolute atomic E-state index is 11.1. The summed E-state index contributed by atoms with van der Waals surface area (Å²) in [6.45, 7) is 2.18. The summed E-state index contributed by atoms with van der Waals surface area (Å²) in [7, 11) is 0. The molecule has 0 saturated heterocycles. The molecule has 2 N–H and O–H groups in total. The average molecular weight is 247 g/mol. The predicted octanol–water partition coefficient (Wildman–Crippen LogP) is 3.30. The Morgan fingerprint density at radius 1 is 1.39 bits per heavy atom. The van der Waals surface area contributed by atoms with Crippen LogP contribution in [-0.2, 0) is 11.2 Å². The first-order chi connectivity index (χ1) is 8.70. The molecule has 1 aliphatic carbocycles. The van der Waals surface area contributed by atoms with E-state index in [9.17, 15) is 4.79 Å². The van der Waals surface area contributed by atoms with Gasteiger partial charge in [0.25, 0.3) is 0 Å². The van der Waals surface area contributed by atoms with Crippen molar-refractivity contribution in [3.63, 3.8) is 0 Å².